The van der Waals surface area contributed by atoms with E-state index in [4.69, 9.17) is 9.47 Å². The number of carbonyl (C=O) groups is 1. The summed E-state index contributed by atoms with van der Waals surface area (Å²) in [6, 6.07) is 9.35. The highest BCUT2D eigenvalue weighted by Crippen LogP contribution is 2.14. The highest BCUT2D eigenvalue weighted by Gasteiger charge is 2.28. The van der Waals surface area contributed by atoms with Gasteiger partial charge in [0.25, 0.3) is 5.91 Å². The lowest BCUT2D eigenvalue weighted by atomic mass is 10.0. The lowest BCUT2D eigenvalue weighted by molar-refractivity contribution is -0.0457. The van der Waals surface area contributed by atoms with E-state index in [-0.39, 0.29) is 18.1 Å². The first-order valence-corrected chi connectivity index (χ1v) is 9.32. The lowest BCUT2D eigenvalue weighted by Gasteiger charge is -2.32. The van der Waals surface area contributed by atoms with Crippen molar-refractivity contribution in [2.45, 2.75) is 39.0 Å². The van der Waals surface area contributed by atoms with Crippen molar-refractivity contribution in [3.05, 3.63) is 65.5 Å². The summed E-state index contributed by atoms with van der Waals surface area (Å²) >= 11 is 0. The lowest BCUT2D eigenvalue weighted by Crippen LogP contribution is -2.50. The van der Waals surface area contributed by atoms with Crippen LogP contribution in [0, 0.1) is 0 Å². The van der Waals surface area contributed by atoms with Crippen LogP contribution in [0.2, 0.25) is 0 Å². The van der Waals surface area contributed by atoms with Gasteiger partial charge < -0.3 is 14.8 Å². The molecule has 1 N–H and O–H groups in total. The number of nitrogens with one attached hydrogen (secondary N) is 1. The van der Waals surface area contributed by atoms with Gasteiger partial charge >= 0.3 is 0 Å². The topological polar surface area (TPSA) is 65.4 Å². The van der Waals surface area contributed by atoms with Gasteiger partial charge in [0.15, 0.2) is 0 Å². The minimum Gasteiger partial charge on any atom is -0.379 e. The molecule has 0 aliphatic carbocycles. The van der Waals surface area contributed by atoms with Gasteiger partial charge in [0, 0.05) is 24.6 Å². The smallest absolute Gasteiger partial charge is 0.251 e. The molecule has 0 unspecified atom stereocenters. The number of carbonyl (C=O) groups excluding carboxylic acids is 1. The van der Waals surface area contributed by atoms with E-state index in [0.717, 1.165) is 12.0 Å². The van der Waals surface area contributed by atoms with E-state index < -0.39 is 0 Å². The molecule has 0 bridgehead atoms. The molecule has 2 aromatic rings. The van der Waals surface area contributed by atoms with Crippen molar-refractivity contribution < 1.29 is 14.3 Å². The molecule has 27 heavy (non-hydrogen) atoms. The molecule has 0 spiro atoms. The van der Waals surface area contributed by atoms with Crippen molar-refractivity contribution in [2.75, 3.05) is 19.8 Å². The fraction of sp³-hybridized carbons (Fsp3) is 0.429. The number of benzene rings is 1. The van der Waals surface area contributed by atoms with Gasteiger partial charge in [0.05, 0.1) is 31.9 Å². The van der Waals surface area contributed by atoms with Gasteiger partial charge in [-0.05, 0) is 44.0 Å². The Morgan fingerprint density at radius 3 is 3.07 bits per heavy atom. The van der Waals surface area contributed by atoms with Crippen LogP contribution in [-0.2, 0) is 16.0 Å². The summed E-state index contributed by atoms with van der Waals surface area (Å²) in [6.45, 7) is 6.41. The van der Waals surface area contributed by atoms with Crippen LogP contribution in [-0.4, -0.2) is 47.7 Å². The molecule has 6 nitrogen and oxygen atoms in total. The SMILES string of the molecule is CC(C)=CCO[C@@H]1CCOC[C@@H]1NC(=O)c1cccc(Cn2cccn2)c1. The van der Waals surface area contributed by atoms with E-state index in [1.165, 1.54) is 5.57 Å². The summed E-state index contributed by atoms with van der Waals surface area (Å²) < 4.78 is 13.3. The van der Waals surface area contributed by atoms with E-state index in [1.54, 1.807) is 6.20 Å². The Labute approximate surface area is 160 Å². The quantitative estimate of drug-likeness (QED) is 0.762. The fourth-order valence-electron chi connectivity index (χ4n) is 3.03. The normalized spacial score (nSPS) is 19.5. The second kappa shape index (κ2) is 9.48. The second-order valence-corrected chi connectivity index (χ2v) is 7.00. The zero-order valence-corrected chi connectivity index (χ0v) is 15.9. The van der Waals surface area contributed by atoms with Crippen LogP contribution in [0.1, 0.15) is 36.2 Å². The fourth-order valence-corrected chi connectivity index (χ4v) is 3.03. The Hall–Kier alpha value is -2.44. The highest BCUT2D eigenvalue weighted by atomic mass is 16.5. The first-order valence-electron chi connectivity index (χ1n) is 9.32. The third-order valence-electron chi connectivity index (χ3n) is 4.50. The van der Waals surface area contributed by atoms with Crippen LogP contribution in [0.3, 0.4) is 0 Å². The number of nitrogens with zero attached hydrogens (tertiary/aromatic N) is 2. The van der Waals surface area contributed by atoms with Crippen LogP contribution in [0.25, 0.3) is 0 Å². The van der Waals surface area contributed by atoms with E-state index in [2.05, 4.69) is 10.4 Å². The predicted octanol–water partition coefficient (Wildman–Crippen LogP) is 2.80. The molecule has 1 aromatic carbocycles. The van der Waals surface area contributed by atoms with Gasteiger partial charge in [0.1, 0.15) is 0 Å². The molecule has 0 saturated carbocycles. The molecule has 1 fully saturated rings. The van der Waals surface area contributed by atoms with E-state index in [1.807, 2.05) is 61.1 Å². The van der Waals surface area contributed by atoms with Gasteiger partial charge in [-0.2, -0.15) is 5.10 Å². The minimum atomic E-state index is -0.147. The van der Waals surface area contributed by atoms with Gasteiger partial charge in [-0.25, -0.2) is 0 Å². The van der Waals surface area contributed by atoms with E-state index in [9.17, 15) is 4.79 Å². The van der Waals surface area contributed by atoms with Crippen molar-refractivity contribution in [1.82, 2.24) is 15.1 Å². The van der Waals surface area contributed by atoms with Crippen LogP contribution >= 0.6 is 0 Å². The molecule has 1 aromatic heterocycles. The molecule has 2 atom stereocenters. The Balaban J connectivity index is 1.61. The largest absolute Gasteiger partial charge is 0.379 e. The third-order valence-corrected chi connectivity index (χ3v) is 4.50. The second-order valence-electron chi connectivity index (χ2n) is 7.00. The van der Waals surface area contributed by atoms with Crippen molar-refractivity contribution in [2.24, 2.45) is 0 Å². The number of ether oxygens (including phenoxy) is 2. The number of hydrogen-bond acceptors (Lipinski definition) is 4. The zero-order chi connectivity index (χ0) is 19.1. The van der Waals surface area contributed by atoms with Gasteiger partial charge in [-0.1, -0.05) is 23.8 Å². The maximum Gasteiger partial charge on any atom is 0.251 e. The molecule has 0 radical (unpaired) electrons. The molecule has 1 amide bonds. The molecule has 1 saturated heterocycles. The molecule has 6 heteroatoms. The maximum absolute atomic E-state index is 12.7. The van der Waals surface area contributed by atoms with E-state index >= 15 is 0 Å². The minimum absolute atomic E-state index is 0.0365. The van der Waals surface area contributed by atoms with Gasteiger partial charge in [0.2, 0.25) is 0 Å². The predicted molar refractivity (Wildman–Crippen MR) is 104 cm³/mol. The Kier molecular flexibility index (Phi) is 6.79. The van der Waals surface area contributed by atoms with E-state index in [0.29, 0.717) is 31.9 Å². The molecule has 144 valence electrons. The van der Waals surface area contributed by atoms with Crippen LogP contribution < -0.4 is 5.32 Å². The van der Waals surface area contributed by atoms with Crippen LogP contribution in [0.4, 0.5) is 0 Å². The van der Waals surface area contributed by atoms with Crippen molar-refractivity contribution in [3.63, 3.8) is 0 Å². The summed E-state index contributed by atoms with van der Waals surface area (Å²) in [5.74, 6) is -0.108. The molecule has 3 rings (SSSR count). The van der Waals surface area contributed by atoms with Crippen molar-refractivity contribution in [3.8, 4) is 0 Å². The van der Waals surface area contributed by atoms with Crippen LogP contribution in [0.5, 0.6) is 0 Å². The summed E-state index contributed by atoms with van der Waals surface area (Å²) in [4.78, 5) is 12.7. The van der Waals surface area contributed by atoms with Gasteiger partial charge in [-0.15, -0.1) is 0 Å². The van der Waals surface area contributed by atoms with Crippen molar-refractivity contribution in [1.29, 1.82) is 0 Å². The molecular weight excluding hydrogens is 342 g/mol. The Bertz CT molecular complexity index is 767. The highest BCUT2D eigenvalue weighted by molar-refractivity contribution is 5.94. The Morgan fingerprint density at radius 2 is 2.30 bits per heavy atom. The monoisotopic (exact) mass is 369 g/mol. The summed E-state index contributed by atoms with van der Waals surface area (Å²) in [5.41, 5.74) is 2.88. The average molecular weight is 369 g/mol. The van der Waals surface area contributed by atoms with Gasteiger partial charge in [-0.3, -0.25) is 9.48 Å². The first-order chi connectivity index (χ1) is 13.1. The number of rotatable bonds is 7. The summed E-state index contributed by atoms with van der Waals surface area (Å²) in [6.07, 6.45) is 6.44. The van der Waals surface area contributed by atoms with Crippen molar-refractivity contribution >= 4 is 5.91 Å². The number of hydrogen-bond donors (Lipinski definition) is 1. The summed E-state index contributed by atoms with van der Waals surface area (Å²) in [5, 5.41) is 7.29. The zero-order valence-electron chi connectivity index (χ0n) is 15.9. The van der Waals surface area contributed by atoms with Crippen LogP contribution in [0.15, 0.2) is 54.4 Å². The first kappa shape index (κ1) is 19.3. The number of amides is 1. The standard InChI is InChI=1S/C21H27N3O3/c1-16(2)7-12-27-20-8-11-26-15-19(20)23-21(25)18-6-3-5-17(13-18)14-24-10-4-9-22-24/h3-7,9-10,13,19-20H,8,11-12,14-15H2,1-2H3,(H,23,25)/t19-,20+/m0/s1. The number of allylic oxidation sites excluding steroid dienone is 1. The third kappa shape index (κ3) is 5.77. The maximum atomic E-state index is 12.7. The Morgan fingerprint density at radius 1 is 1.41 bits per heavy atom. The molecule has 1 aliphatic rings. The number of aromatic nitrogens is 2. The average Bonchev–Trinajstić information content (AvgIpc) is 3.16. The molecule has 1 aliphatic heterocycles. The molecular formula is C21H27N3O3. The molecule has 2 heterocycles. The summed E-state index contributed by atoms with van der Waals surface area (Å²) in [7, 11) is 0.